The molecule has 1 aromatic carbocycles. The van der Waals surface area contributed by atoms with E-state index in [0.29, 0.717) is 32.1 Å². The predicted molar refractivity (Wildman–Crippen MR) is 122 cm³/mol. The molecule has 1 fully saturated rings. The molecule has 8 heteroatoms. The number of ether oxygens (including phenoxy) is 1. The van der Waals surface area contributed by atoms with Gasteiger partial charge in [0.25, 0.3) is 0 Å². The summed E-state index contributed by atoms with van der Waals surface area (Å²) in [4.78, 5) is 28.7. The molecule has 0 unspecified atom stereocenters. The number of benzene rings is 1. The van der Waals surface area contributed by atoms with E-state index in [2.05, 4.69) is 54.8 Å². The fourth-order valence-corrected chi connectivity index (χ4v) is 3.99. The molecular weight excluding hydrogens is 446 g/mol. The lowest BCUT2D eigenvalue weighted by molar-refractivity contribution is 0.0240. The van der Waals surface area contributed by atoms with Crippen molar-refractivity contribution in [2.24, 2.45) is 0 Å². The lowest BCUT2D eigenvalue weighted by Crippen LogP contribution is -2.50. The number of carbonyl (C=O) groups excluding carboxylic acids is 1. The third-order valence-electron chi connectivity index (χ3n) is 5.16. The Hall–Kier alpha value is -2.61. The van der Waals surface area contributed by atoms with Gasteiger partial charge in [-0.2, -0.15) is 0 Å². The number of nitrogens with zero attached hydrogens (tertiary/aromatic N) is 4. The van der Waals surface area contributed by atoms with E-state index in [4.69, 9.17) is 4.74 Å². The minimum absolute atomic E-state index is 0.265. The Balaban J connectivity index is 1.45. The molecule has 4 rings (SSSR count). The van der Waals surface area contributed by atoms with Gasteiger partial charge in [0.2, 0.25) is 5.95 Å². The monoisotopic (exact) mass is 471 g/mol. The van der Waals surface area contributed by atoms with Crippen molar-refractivity contribution in [1.29, 1.82) is 0 Å². The van der Waals surface area contributed by atoms with Crippen molar-refractivity contribution in [1.82, 2.24) is 19.9 Å². The fraction of sp³-hybridized carbons (Fsp3) is 0.409. The lowest BCUT2D eigenvalue weighted by atomic mass is 10.1. The first-order valence-corrected chi connectivity index (χ1v) is 10.8. The molecular formula is C22H26BrN5O2. The summed E-state index contributed by atoms with van der Waals surface area (Å²) in [5, 5.41) is 1.19. The number of halogens is 1. The number of H-pyrrole nitrogens is 1. The minimum Gasteiger partial charge on any atom is -0.444 e. The van der Waals surface area contributed by atoms with E-state index < -0.39 is 5.60 Å². The van der Waals surface area contributed by atoms with Gasteiger partial charge in [0, 0.05) is 59.5 Å². The zero-order chi connectivity index (χ0) is 21.5. The Labute approximate surface area is 184 Å². The van der Waals surface area contributed by atoms with Crippen LogP contribution in [0.25, 0.3) is 22.2 Å². The highest BCUT2D eigenvalue weighted by atomic mass is 79.9. The first-order chi connectivity index (χ1) is 14.2. The third-order valence-corrected chi connectivity index (χ3v) is 5.65. The summed E-state index contributed by atoms with van der Waals surface area (Å²) in [6.07, 6.45) is 3.45. The van der Waals surface area contributed by atoms with Crippen molar-refractivity contribution in [2.45, 2.75) is 33.3 Å². The number of amides is 1. The van der Waals surface area contributed by atoms with Crippen molar-refractivity contribution < 1.29 is 9.53 Å². The van der Waals surface area contributed by atoms with Crippen LogP contribution in [0.5, 0.6) is 0 Å². The van der Waals surface area contributed by atoms with E-state index in [1.807, 2.05) is 39.2 Å². The van der Waals surface area contributed by atoms with E-state index in [1.165, 1.54) is 10.9 Å². The lowest BCUT2D eigenvalue weighted by Gasteiger charge is -2.35. The van der Waals surface area contributed by atoms with E-state index in [-0.39, 0.29) is 6.09 Å². The maximum Gasteiger partial charge on any atom is 0.410 e. The first kappa shape index (κ1) is 20.7. The van der Waals surface area contributed by atoms with Crippen molar-refractivity contribution in [3.63, 3.8) is 0 Å². The standard InChI is InChI=1S/C22H26BrN5O2/c1-14-17-6-5-16(23)11-18(17)26-19(14)15-12-24-20(25-13-15)27-7-9-28(10-8-27)21(29)30-22(2,3)4/h5-6,11-13,26H,7-10H2,1-4H3. The number of fused-ring (bicyclic) bond motifs is 1. The van der Waals surface area contributed by atoms with Crippen molar-refractivity contribution >= 4 is 38.9 Å². The number of hydrogen-bond donors (Lipinski definition) is 1. The Kier molecular flexibility index (Phi) is 5.44. The zero-order valence-electron chi connectivity index (χ0n) is 17.7. The van der Waals surface area contributed by atoms with E-state index in [9.17, 15) is 4.79 Å². The number of hydrogen-bond acceptors (Lipinski definition) is 5. The second kappa shape index (κ2) is 7.91. The molecule has 0 atom stereocenters. The number of piperazine rings is 1. The maximum atomic E-state index is 12.2. The second-order valence-electron chi connectivity index (χ2n) is 8.54. The smallest absolute Gasteiger partial charge is 0.410 e. The summed E-state index contributed by atoms with van der Waals surface area (Å²) in [5.41, 5.74) is 3.77. The van der Waals surface area contributed by atoms with E-state index in [1.54, 1.807) is 4.90 Å². The molecule has 1 amide bonds. The number of nitrogens with one attached hydrogen (secondary N) is 1. The second-order valence-corrected chi connectivity index (χ2v) is 9.46. The molecule has 30 heavy (non-hydrogen) atoms. The van der Waals surface area contributed by atoms with Crippen molar-refractivity contribution in [3.8, 4) is 11.3 Å². The van der Waals surface area contributed by atoms with Crippen LogP contribution < -0.4 is 4.90 Å². The Morgan fingerprint density at radius 3 is 2.43 bits per heavy atom. The Morgan fingerprint density at radius 1 is 1.13 bits per heavy atom. The van der Waals surface area contributed by atoms with Gasteiger partial charge in [0.05, 0.1) is 5.69 Å². The van der Waals surface area contributed by atoms with Gasteiger partial charge in [0.15, 0.2) is 0 Å². The highest BCUT2D eigenvalue weighted by molar-refractivity contribution is 9.10. The summed E-state index contributed by atoms with van der Waals surface area (Å²) in [7, 11) is 0. The molecule has 158 valence electrons. The predicted octanol–water partition coefficient (Wildman–Crippen LogP) is 4.75. The number of carbonyl (C=O) groups is 1. The van der Waals surface area contributed by atoms with Crippen LogP contribution in [-0.4, -0.2) is 57.7 Å². The summed E-state index contributed by atoms with van der Waals surface area (Å²) in [5.74, 6) is 0.680. The van der Waals surface area contributed by atoms with Crippen LogP contribution in [0, 0.1) is 6.92 Å². The van der Waals surface area contributed by atoms with E-state index in [0.717, 1.165) is 21.2 Å². The molecule has 0 radical (unpaired) electrons. The fourth-order valence-electron chi connectivity index (χ4n) is 3.63. The van der Waals surface area contributed by atoms with Crippen molar-refractivity contribution in [2.75, 3.05) is 31.1 Å². The van der Waals surface area contributed by atoms with Crippen LogP contribution in [-0.2, 0) is 4.74 Å². The summed E-state index contributed by atoms with van der Waals surface area (Å²) in [6, 6.07) is 6.23. The molecule has 2 aromatic heterocycles. The number of aryl methyl sites for hydroxylation is 1. The van der Waals surface area contributed by atoms with Crippen LogP contribution in [0.1, 0.15) is 26.3 Å². The molecule has 7 nitrogen and oxygen atoms in total. The Bertz CT molecular complexity index is 1060. The van der Waals surface area contributed by atoms with Crippen LogP contribution in [0.3, 0.4) is 0 Å². The SMILES string of the molecule is Cc1c(-c2cnc(N3CCN(C(=O)OC(C)(C)C)CC3)nc2)[nH]c2cc(Br)ccc12. The largest absolute Gasteiger partial charge is 0.444 e. The van der Waals surface area contributed by atoms with Crippen molar-refractivity contribution in [3.05, 3.63) is 40.6 Å². The number of aromatic nitrogens is 3. The van der Waals surface area contributed by atoms with Gasteiger partial charge < -0.3 is 19.5 Å². The zero-order valence-corrected chi connectivity index (χ0v) is 19.3. The van der Waals surface area contributed by atoms with Gasteiger partial charge in [-0.15, -0.1) is 0 Å². The van der Waals surface area contributed by atoms with Crippen LogP contribution in [0.2, 0.25) is 0 Å². The van der Waals surface area contributed by atoms with E-state index >= 15 is 0 Å². The number of rotatable bonds is 2. The van der Waals surface area contributed by atoms with Gasteiger partial charge in [-0.3, -0.25) is 0 Å². The minimum atomic E-state index is -0.482. The topological polar surface area (TPSA) is 74.3 Å². The highest BCUT2D eigenvalue weighted by Crippen LogP contribution is 2.31. The molecule has 0 saturated carbocycles. The average Bonchev–Trinajstić information content (AvgIpc) is 3.02. The normalized spacial score (nSPS) is 15.0. The summed E-state index contributed by atoms with van der Waals surface area (Å²) < 4.78 is 6.50. The van der Waals surface area contributed by atoms with Crippen LogP contribution in [0.4, 0.5) is 10.7 Å². The van der Waals surface area contributed by atoms with Gasteiger partial charge in [0.1, 0.15) is 5.60 Å². The van der Waals surface area contributed by atoms with Gasteiger partial charge in [-0.25, -0.2) is 14.8 Å². The molecule has 1 aliphatic rings. The molecule has 0 aliphatic carbocycles. The average molecular weight is 472 g/mol. The Morgan fingerprint density at radius 2 is 1.80 bits per heavy atom. The summed E-state index contributed by atoms with van der Waals surface area (Å²) in [6.45, 7) is 10.3. The molecule has 3 aromatic rings. The van der Waals surface area contributed by atoms with Gasteiger partial charge in [-0.05, 0) is 45.4 Å². The molecule has 1 N–H and O–H groups in total. The van der Waals surface area contributed by atoms with Gasteiger partial charge >= 0.3 is 6.09 Å². The molecule has 1 aliphatic heterocycles. The highest BCUT2D eigenvalue weighted by Gasteiger charge is 2.26. The quantitative estimate of drug-likeness (QED) is 0.583. The third kappa shape index (κ3) is 4.28. The maximum absolute atomic E-state index is 12.2. The molecule has 1 saturated heterocycles. The number of aromatic amines is 1. The number of anilines is 1. The molecule has 0 bridgehead atoms. The first-order valence-electron chi connectivity index (χ1n) is 10.0. The van der Waals surface area contributed by atoms with Crippen LogP contribution >= 0.6 is 15.9 Å². The molecule has 3 heterocycles. The molecule has 0 spiro atoms. The summed E-state index contributed by atoms with van der Waals surface area (Å²) >= 11 is 3.52. The van der Waals surface area contributed by atoms with Gasteiger partial charge in [-0.1, -0.05) is 22.0 Å². The van der Waals surface area contributed by atoms with Crippen LogP contribution in [0.15, 0.2) is 35.1 Å².